The molecule has 1 rings (SSSR count). The molecule has 0 aromatic heterocycles. The van der Waals surface area contributed by atoms with Crippen molar-refractivity contribution in [3.63, 3.8) is 0 Å². The summed E-state index contributed by atoms with van der Waals surface area (Å²) in [5.74, 6) is -1.31. The lowest BCUT2D eigenvalue weighted by Crippen LogP contribution is -2.56. The Labute approximate surface area is 81.3 Å². The van der Waals surface area contributed by atoms with Crippen molar-refractivity contribution in [2.45, 2.75) is 12.5 Å². The number of likely N-dealkylation sites (tertiary alicyclic amines) is 1. The minimum absolute atomic E-state index is 0.0535. The number of nitrogens with two attached hydrogens (primary N) is 1. The van der Waals surface area contributed by atoms with Crippen LogP contribution >= 0.6 is 0 Å². The van der Waals surface area contributed by atoms with Gasteiger partial charge in [-0.15, -0.1) is 0 Å². The van der Waals surface area contributed by atoms with E-state index >= 15 is 0 Å². The van der Waals surface area contributed by atoms with Crippen molar-refractivity contribution >= 4 is 11.9 Å². The zero-order valence-electron chi connectivity index (χ0n) is 7.72. The molecule has 0 aliphatic carbocycles. The molecule has 1 aliphatic rings. The highest BCUT2D eigenvalue weighted by molar-refractivity contribution is 5.86. The second kappa shape index (κ2) is 4.39. The van der Waals surface area contributed by atoms with Crippen molar-refractivity contribution in [2.75, 3.05) is 19.7 Å². The summed E-state index contributed by atoms with van der Waals surface area (Å²) in [6, 6.07) is -0.966. The van der Waals surface area contributed by atoms with E-state index in [-0.39, 0.29) is 24.9 Å². The molecule has 1 saturated heterocycles. The van der Waals surface area contributed by atoms with Crippen LogP contribution in [0.3, 0.4) is 0 Å². The Morgan fingerprint density at radius 1 is 1.50 bits per heavy atom. The molecule has 1 heterocycles. The van der Waals surface area contributed by atoms with Gasteiger partial charge in [-0.05, 0) is 0 Å². The molecule has 1 atom stereocenters. The van der Waals surface area contributed by atoms with Crippen LogP contribution in [0.1, 0.15) is 6.42 Å². The van der Waals surface area contributed by atoms with E-state index in [9.17, 15) is 9.59 Å². The molecule has 0 aromatic rings. The molecule has 0 aromatic carbocycles. The average Bonchev–Trinajstić information content (AvgIpc) is 2.00. The molecule has 0 bridgehead atoms. The lowest BCUT2D eigenvalue weighted by atomic mass is 10.00. The number of aliphatic hydroxyl groups is 1. The molecule has 0 saturated carbocycles. The summed E-state index contributed by atoms with van der Waals surface area (Å²) >= 11 is 0. The fourth-order valence-corrected chi connectivity index (χ4v) is 1.38. The van der Waals surface area contributed by atoms with Gasteiger partial charge in [0.2, 0.25) is 5.91 Å². The number of carbonyl (C=O) groups is 2. The second-order valence-corrected chi connectivity index (χ2v) is 3.50. The maximum atomic E-state index is 11.4. The van der Waals surface area contributed by atoms with Gasteiger partial charge in [-0.1, -0.05) is 0 Å². The van der Waals surface area contributed by atoms with Crippen LogP contribution in [0, 0.1) is 5.92 Å². The van der Waals surface area contributed by atoms with Crippen LogP contribution in [0.2, 0.25) is 0 Å². The van der Waals surface area contributed by atoms with Gasteiger partial charge in [0, 0.05) is 25.6 Å². The summed E-state index contributed by atoms with van der Waals surface area (Å²) < 4.78 is 0. The number of rotatable bonds is 4. The third-order valence-corrected chi connectivity index (χ3v) is 2.24. The topological polar surface area (TPSA) is 104 Å². The maximum Gasteiger partial charge on any atom is 0.305 e. The molecule has 14 heavy (non-hydrogen) atoms. The molecule has 4 N–H and O–H groups in total. The van der Waals surface area contributed by atoms with Crippen LogP contribution < -0.4 is 5.73 Å². The van der Waals surface area contributed by atoms with Gasteiger partial charge in [-0.25, -0.2) is 0 Å². The zero-order chi connectivity index (χ0) is 10.7. The number of carboxylic acids is 1. The molecule has 0 spiro atoms. The predicted molar refractivity (Wildman–Crippen MR) is 47.4 cm³/mol. The number of aliphatic carboxylic acids is 1. The molecule has 6 nitrogen and oxygen atoms in total. The van der Waals surface area contributed by atoms with Crippen molar-refractivity contribution in [3.8, 4) is 0 Å². The monoisotopic (exact) mass is 202 g/mol. The highest BCUT2D eigenvalue weighted by atomic mass is 16.4. The minimum atomic E-state index is -1.08. The summed E-state index contributed by atoms with van der Waals surface area (Å²) in [6.07, 6.45) is -0.348. The fraction of sp³-hybridized carbons (Fsp3) is 0.750. The second-order valence-electron chi connectivity index (χ2n) is 3.50. The lowest BCUT2D eigenvalue weighted by molar-refractivity contribution is -0.145. The van der Waals surface area contributed by atoms with Gasteiger partial charge in [-0.3, -0.25) is 9.59 Å². The van der Waals surface area contributed by atoms with Crippen LogP contribution in [-0.2, 0) is 9.59 Å². The number of nitrogens with zero attached hydrogens (tertiary/aromatic N) is 1. The first-order chi connectivity index (χ1) is 6.54. The minimum Gasteiger partial charge on any atom is -0.481 e. The average molecular weight is 202 g/mol. The molecule has 80 valence electrons. The molecule has 1 aliphatic heterocycles. The summed E-state index contributed by atoms with van der Waals surface area (Å²) in [4.78, 5) is 23.1. The quantitative estimate of drug-likeness (QED) is 0.501. The normalized spacial score (nSPS) is 18.9. The van der Waals surface area contributed by atoms with E-state index < -0.39 is 12.0 Å². The van der Waals surface area contributed by atoms with Crippen LogP contribution in [0.5, 0.6) is 0 Å². The van der Waals surface area contributed by atoms with E-state index in [1.54, 1.807) is 0 Å². The van der Waals surface area contributed by atoms with Crippen molar-refractivity contribution in [3.05, 3.63) is 0 Å². The number of amides is 1. The Morgan fingerprint density at radius 2 is 2.07 bits per heavy atom. The SMILES string of the molecule is NC(CC(=O)O)C(=O)N1CC(CO)C1. The van der Waals surface area contributed by atoms with E-state index in [2.05, 4.69) is 0 Å². The van der Waals surface area contributed by atoms with E-state index in [0.717, 1.165) is 0 Å². The predicted octanol–water partition coefficient (Wildman–Crippen LogP) is -1.76. The molecule has 0 radical (unpaired) electrons. The zero-order valence-corrected chi connectivity index (χ0v) is 7.72. The molecular formula is C8H14N2O4. The Kier molecular flexibility index (Phi) is 3.43. The number of carbonyl (C=O) groups excluding carboxylic acids is 1. The summed E-state index contributed by atoms with van der Waals surface area (Å²) in [7, 11) is 0. The summed E-state index contributed by atoms with van der Waals surface area (Å²) in [5, 5.41) is 17.1. The standard InChI is InChI=1S/C8H14N2O4/c9-6(1-7(12)13)8(14)10-2-5(3-10)4-11/h5-6,11H,1-4,9H2,(H,12,13). The Balaban J connectivity index is 2.32. The Bertz CT molecular complexity index is 237. The van der Waals surface area contributed by atoms with Gasteiger partial charge in [0.15, 0.2) is 0 Å². The summed E-state index contributed by atoms with van der Waals surface area (Å²) in [5.41, 5.74) is 5.38. The van der Waals surface area contributed by atoms with Gasteiger partial charge in [0.05, 0.1) is 12.5 Å². The highest BCUT2D eigenvalue weighted by Crippen LogP contribution is 2.15. The number of aliphatic hydroxyl groups excluding tert-OH is 1. The Morgan fingerprint density at radius 3 is 2.50 bits per heavy atom. The fourth-order valence-electron chi connectivity index (χ4n) is 1.38. The number of carboxylic acid groups (broad SMARTS) is 1. The van der Waals surface area contributed by atoms with E-state index in [4.69, 9.17) is 15.9 Å². The number of hydrogen-bond donors (Lipinski definition) is 3. The van der Waals surface area contributed by atoms with E-state index in [1.807, 2.05) is 0 Å². The van der Waals surface area contributed by atoms with Crippen molar-refractivity contribution in [1.82, 2.24) is 4.90 Å². The molecule has 1 unspecified atom stereocenters. The maximum absolute atomic E-state index is 11.4. The molecular weight excluding hydrogens is 188 g/mol. The molecule has 1 amide bonds. The first-order valence-electron chi connectivity index (χ1n) is 4.41. The lowest BCUT2D eigenvalue weighted by Gasteiger charge is -2.39. The van der Waals surface area contributed by atoms with Crippen LogP contribution in [0.15, 0.2) is 0 Å². The van der Waals surface area contributed by atoms with Gasteiger partial charge in [0.25, 0.3) is 0 Å². The molecule has 6 heteroatoms. The van der Waals surface area contributed by atoms with Crippen molar-refractivity contribution in [2.24, 2.45) is 11.7 Å². The first kappa shape index (κ1) is 10.9. The van der Waals surface area contributed by atoms with Gasteiger partial charge in [0.1, 0.15) is 0 Å². The highest BCUT2D eigenvalue weighted by Gasteiger charge is 2.33. The van der Waals surface area contributed by atoms with Crippen molar-refractivity contribution < 1.29 is 19.8 Å². The van der Waals surface area contributed by atoms with Gasteiger partial charge in [-0.2, -0.15) is 0 Å². The smallest absolute Gasteiger partial charge is 0.305 e. The van der Waals surface area contributed by atoms with E-state index in [0.29, 0.717) is 13.1 Å². The Hall–Kier alpha value is -1.14. The third-order valence-electron chi connectivity index (χ3n) is 2.24. The van der Waals surface area contributed by atoms with Crippen LogP contribution in [0.4, 0.5) is 0 Å². The largest absolute Gasteiger partial charge is 0.481 e. The van der Waals surface area contributed by atoms with Crippen LogP contribution in [-0.4, -0.2) is 52.7 Å². The summed E-state index contributed by atoms with van der Waals surface area (Å²) in [6.45, 7) is 1.00. The van der Waals surface area contributed by atoms with Crippen LogP contribution in [0.25, 0.3) is 0 Å². The number of hydrogen-bond acceptors (Lipinski definition) is 4. The van der Waals surface area contributed by atoms with E-state index in [1.165, 1.54) is 4.90 Å². The van der Waals surface area contributed by atoms with Gasteiger partial charge < -0.3 is 20.8 Å². The first-order valence-corrected chi connectivity index (χ1v) is 4.41. The molecule has 1 fully saturated rings. The van der Waals surface area contributed by atoms with Crippen molar-refractivity contribution in [1.29, 1.82) is 0 Å². The third kappa shape index (κ3) is 2.43. The van der Waals surface area contributed by atoms with Gasteiger partial charge >= 0.3 is 5.97 Å².